The van der Waals surface area contributed by atoms with Gasteiger partial charge in [-0.25, -0.2) is 0 Å². The number of aryl methyl sites for hydroxylation is 2. The highest BCUT2D eigenvalue weighted by molar-refractivity contribution is 7.80. The molecule has 176 valence electrons. The fourth-order valence-electron chi connectivity index (χ4n) is 5.24. The van der Waals surface area contributed by atoms with E-state index in [1.807, 2.05) is 30.5 Å². The molecule has 6 rings (SSSR count). The monoisotopic (exact) mass is 482 g/mol. The second kappa shape index (κ2) is 8.43. The Labute approximate surface area is 210 Å². The number of benzene rings is 2. The van der Waals surface area contributed by atoms with Crippen LogP contribution in [0.4, 0.5) is 5.69 Å². The number of pyridine rings is 1. The molecule has 35 heavy (non-hydrogen) atoms. The molecule has 4 aromatic rings. The van der Waals surface area contributed by atoms with Crippen LogP contribution in [0.3, 0.4) is 0 Å². The molecule has 2 aromatic heterocycles. The average Bonchev–Trinajstić information content (AvgIpc) is 3.54. The Morgan fingerprint density at radius 3 is 2.57 bits per heavy atom. The summed E-state index contributed by atoms with van der Waals surface area (Å²) in [6.45, 7) is 6.66. The molecule has 2 atom stereocenters. The van der Waals surface area contributed by atoms with Crippen molar-refractivity contribution in [3.05, 3.63) is 101 Å². The summed E-state index contributed by atoms with van der Waals surface area (Å²) in [6, 6.07) is 22.7. The predicted molar refractivity (Wildman–Crippen MR) is 140 cm³/mol. The van der Waals surface area contributed by atoms with E-state index in [1.54, 1.807) is 0 Å². The normalized spacial score (nSPS) is 18.7. The van der Waals surface area contributed by atoms with E-state index in [1.165, 1.54) is 11.1 Å². The number of ether oxygens (including phenoxy) is 2. The molecule has 1 fully saturated rings. The van der Waals surface area contributed by atoms with Gasteiger partial charge in [-0.05, 0) is 86.6 Å². The van der Waals surface area contributed by atoms with Crippen molar-refractivity contribution < 1.29 is 9.47 Å². The molecule has 1 N–H and O–H groups in total. The first-order chi connectivity index (χ1) is 17.0. The molecule has 0 spiro atoms. The molecule has 7 heteroatoms. The van der Waals surface area contributed by atoms with Gasteiger partial charge in [0.05, 0.1) is 17.8 Å². The van der Waals surface area contributed by atoms with Crippen molar-refractivity contribution in [1.82, 2.24) is 14.9 Å². The van der Waals surface area contributed by atoms with Crippen molar-refractivity contribution in [1.29, 1.82) is 0 Å². The molecule has 0 saturated carbocycles. The van der Waals surface area contributed by atoms with Crippen LogP contribution in [0.25, 0.3) is 5.69 Å². The van der Waals surface area contributed by atoms with E-state index in [9.17, 15) is 0 Å². The van der Waals surface area contributed by atoms with E-state index < -0.39 is 0 Å². The highest BCUT2D eigenvalue weighted by Gasteiger charge is 2.42. The van der Waals surface area contributed by atoms with Crippen LogP contribution < -0.4 is 19.7 Å². The van der Waals surface area contributed by atoms with Crippen LogP contribution in [0.5, 0.6) is 11.5 Å². The van der Waals surface area contributed by atoms with Crippen LogP contribution in [-0.4, -0.2) is 21.5 Å². The maximum atomic E-state index is 5.90. The van der Waals surface area contributed by atoms with Crippen LogP contribution in [-0.2, 0) is 0 Å². The zero-order chi connectivity index (χ0) is 24.1. The van der Waals surface area contributed by atoms with Crippen molar-refractivity contribution in [2.75, 3.05) is 11.7 Å². The third kappa shape index (κ3) is 3.63. The van der Waals surface area contributed by atoms with Gasteiger partial charge in [0.1, 0.15) is 0 Å². The lowest BCUT2D eigenvalue weighted by molar-refractivity contribution is 0.174. The minimum absolute atomic E-state index is 0.0619. The molecule has 0 aliphatic carbocycles. The molecule has 2 aromatic carbocycles. The number of aromatic nitrogens is 2. The molecular weight excluding hydrogens is 456 g/mol. The van der Waals surface area contributed by atoms with E-state index in [0.29, 0.717) is 5.11 Å². The van der Waals surface area contributed by atoms with Crippen molar-refractivity contribution in [3.63, 3.8) is 0 Å². The molecule has 1 saturated heterocycles. The average molecular weight is 483 g/mol. The summed E-state index contributed by atoms with van der Waals surface area (Å²) >= 11 is 5.90. The molecule has 6 nitrogen and oxygen atoms in total. The molecule has 2 aliphatic heterocycles. The van der Waals surface area contributed by atoms with E-state index in [0.717, 1.165) is 40.0 Å². The number of fused-ring (bicyclic) bond motifs is 1. The highest BCUT2D eigenvalue weighted by Crippen LogP contribution is 2.44. The fraction of sp³-hybridized carbons (Fsp3) is 0.214. The summed E-state index contributed by atoms with van der Waals surface area (Å²) < 4.78 is 13.4. The first-order valence-electron chi connectivity index (χ1n) is 11.7. The summed E-state index contributed by atoms with van der Waals surface area (Å²) in [6.07, 6.45) is 1.84. The lowest BCUT2D eigenvalue weighted by atomic mass is 9.96. The van der Waals surface area contributed by atoms with Gasteiger partial charge in [-0.2, -0.15) is 0 Å². The van der Waals surface area contributed by atoms with Crippen molar-refractivity contribution in [2.45, 2.75) is 32.9 Å². The van der Waals surface area contributed by atoms with Gasteiger partial charge in [-0.15, -0.1) is 0 Å². The topological polar surface area (TPSA) is 51.6 Å². The van der Waals surface area contributed by atoms with Crippen LogP contribution in [0.2, 0.25) is 0 Å². The lowest BCUT2D eigenvalue weighted by Crippen LogP contribution is -2.29. The van der Waals surface area contributed by atoms with E-state index in [4.69, 9.17) is 21.7 Å². The Hall–Kier alpha value is -3.84. The van der Waals surface area contributed by atoms with E-state index in [-0.39, 0.29) is 18.9 Å². The minimum atomic E-state index is -0.0880. The summed E-state index contributed by atoms with van der Waals surface area (Å²) in [5, 5.41) is 4.26. The summed E-state index contributed by atoms with van der Waals surface area (Å²) in [5.74, 6) is 1.55. The quantitative estimate of drug-likeness (QED) is 0.377. The van der Waals surface area contributed by atoms with Gasteiger partial charge in [0.15, 0.2) is 16.6 Å². The molecule has 2 aliphatic rings. The second-order valence-corrected chi connectivity index (χ2v) is 9.42. The SMILES string of the molecule is Cc1cccc(N2C(=S)N[C@H](c3ccccn3)[C@@H]2c2cc(C)n(-c3ccc4c(c3)OCO4)c2C)c1. The first kappa shape index (κ1) is 21.7. The van der Waals surface area contributed by atoms with Gasteiger partial charge >= 0.3 is 0 Å². The highest BCUT2D eigenvalue weighted by atomic mass is 32.1. The number of anilines is 1. The Morgan fingerprint density at radius 1 is 0.914 bits per heavy atom. The van der Waals surface area contributed by atoms with Crippen molar-refractivity contribution >= 4 is 23.0 Å². The van der Waals surface area contributed by atoms with E-state index in [2.05, 4.69) is 83.0 Å². The molecule has 0 amide bonds. The molecule has 0 bridgehead atoms. The second-order valence-electron chi connectivity index (χ2n) is 9.04. The summed E-state index contributed by atoms with van der Waals surface area (Å²) in [7, 11) is 0. The van der Waals surface area contributed by atoms with E-state index >= 15 is 0 Å². The van der Waals surface area contributed by atoms with Gasteiger partial charge in [0, 0.05) is 35.0 Å². The van der Waals surface area contributed by atoms with Crippen LogP contribution in [0, 0.1) is 20.8 Å². The Morgan fingerprint density at radius 2 is 1.77 bits per heavy atom. The third-order valence-corrected chi connectivity index (χ3v) is 7.10. The largest absolute Gasteiger partial charge is 0.454 e. The number of nitrogens with one attached hydrogen (secondary N) is 1. The zero-order valence-corrected chi connectivity index (χ0v) is 20.7. The third-order valence-electron chi connectivity index (χ3n) is 6.78. The number of hydrogen-bond acceptors (Lipinski definition) is 4. The van der Waals surface area contributed by atoms with Gasteiger partial charge in [0.2, 0.25) is 6.79 Å². The van der Waals surface area contributed by atoms with Gasteiger partial charge in [0.25, 0.3) is 0 Å². The lowest BCUT2D eigenvalue weighted by Gasteiger charge is -2.28. The molecule has 0 radical (unpaired) electrons. The Bertz CT molecular complexity index is 1430. The number of nitrogens with zero attached hydrogens (tertiary/aromatic N) is 3. The van der Waals surface area contributed by atoms with Crippen LogP contribution in [0.1, 0.15) is 40.3 Å². The van der Waals surface area contributed by atoms with Crippen LogP contribution >= 0.6 is 12.2 Å². The first-order valence-corrected chi connectivity index (χ1v) is 12.1. The standard InChI is InChI=1S/C28H26N4O2S/c1-17-7-6-8-20(13-17)32-27(26(30-28(32)35)23-9-4-5-12-29-23)22-14-18(2)31(19(22)3)21-10-11-24-25(15-21)34-16-33-24/h4-15,26-27H,16H2,1-3H3,(H,30,35)/t26-,27+/m1/s1. The van der Waals surface area contributed by atoms with Crippen LogP contribution in [0.15, 0.2) is 72.9 Å². The number of rotatable bonds is 4. The van der Waals surface area contributed by atoms with Gasteiger partial charge in [-0.3, -0.25) is 4.98 Å². The number of thiocarbonyl (C=S) groups is 1. The van der Waals surface area contributed by atoms with Crippen molar-refractivity contribution in [2.24, 2.45) is 0 Å². The Kier molecular flexibility index (Phi) is 5.22. The maximum Gasteiger partial charge on any atom is 0.231 e. The Balaban J connectivity index is 1.50. The van der Waals surface area contributed by atoms with Crippen molar-refractivity contribution in [3.8, 4) is 17.2 Å². The summed E-state index contributed by atoms with van der Waals surface area (Å²) in [5.41, 5.74) is 7.75. The molecule has 4 heterocycles. The summed E-state index contributed by atoms with van der Waals surface area (Å²) in [4.78, 5) is 6.92. The van der Waals surface area contributed by atoms with Gasteiger partial charge in [-0.1, -0.05) is 18.2 Å². The molecular formula is C28H26N4O2S. The van der Waals surface area contributed by atoms with Gasteiger partial charge < -0.3 is 24.3 Å². The predicted octanol–water partition coefficient (Wildman–Crippen LogP) is 5.70. The number of hydrogen-bond donors (Lipinski definition) is 1. The minimum Gasteiger partial charge on any atom is -0.454 e. The fourth-order valence-corrected chi connectivity index (χ4v) is 5.58. The molecule has 0 unspecified atom stereocenters. The smallest absolute Gasteiger partial charge is 0.231 e. The maximum absolute atomic E-state index is 5.90. The zero-order valence-electron chi connectivity index (χ0n) is 19.9.